The van der Waals surface area contributed by atoms with Gasteiger partial charge in [0.15, 0.2) is 0 Å². The minimum absolute atomic E-state index is 0.248. The van der Waals surface area contributed by atoms with Crippen molar-refractivity contribution in [1.29, 1.82) is 0 Å². The van der Waals surface area contributed by atoms with Gasteiger partial charge in [-0.1, -0.05) is 6.92 Å². The Morgan fingerprint density at radius 1 is 1.39 bits per heavy atom. The number of carbonyl (C=O) groups is 1. The molecule has 1 aliphatic heterocycles. The number of quaternary nitrogens is 1. The number of aryl methyl sites for hydroxylation is 1. The average Bonchev–Trinajstić information content (AvgIpc) is 2.90. The molecule has 4 heteroatoms. The average molecular weight is 315 g/mol. The predicted octanol–water partition coefficient (Wildman–Crippen LogP) is 2.52. The number of aromatic amines is 1. The smallest absolute Gasteiger partial charge is 0.219 e. The third-order valence-corrected chi connectivity index (χ3v) is 5.23. The fourth-order valence-electron chi connectivity index (χ4n) is 3.96. The number of fused-ring (bicyclic) bond motifs is 1. The molecular weight excluding hydrogens is 288 g/mol. The molecule has 0 amide bonds. The Hall–Kier alpha value is -1.81. The Kier molecular flexibility index (Phi) is 4.71. The number of piperidine rings is 1. The number of Topliss-reactive ketones (excluding diaryl/α,β-unsaturated/α-hetero) is 1. The van der Waals surface area contributed by atoms with Crippen molar-refractivity contribution in [2.75, 3.05) is 20.2 Å². The predicted molar refractivity (Wildman–Crippen MR) is 92.5 cm³/mol. The molecule has 2 aromatic rings. The third kappa shape index (κ3) is 3.13. The summed E-state index contributed by atoms with van der Waals surface area (Å²) >= 11 is 0. The Labute approximate surface area is 137 Å². The molecule has 0 saturated carbocycles. The molecule has 2 heterocycles. The zero-order chi connectivity index (χ0) is 16.4. The highest BCUT2D eigenvalue weighted by Crippen LogP contribution is 2.26. The summed E-state index contributed by atoms with van der Waals surface area (Å²) in [6.07, 6.45) is 4.95. The maximum Gasteiger partial charge on any atom is 0.219 e. The van der Waals surface area contributed by atoms with E-state index in [1.165, 1.54) is 24.2 Å². The minimum atomic E-state index is 0.248. The zero-order valence-electron chi connectivity index (χ0n) is 14.4. The van der Waals surface area contributed by atoms with E-state index in [-0.39, 0.29) is 5.78 Å². The summed E-state index contributed by atoms with van der Waals surface area (Å²) in [4.78, 5) is 17.8. The van der Waals surface area contributed by atoms with Crippen LogP contribution in [0.2, 0.25) is 0 Å². The summed E-state index contributed by atoms with van der Waals surface area (Å²) < 4.78 is 5.32. The second-order valence-electron chi connectivity index (χ2n) is 6.65. The second kappa shape index (κ2) is 6.75. The molecule has 23 heavy (non-hydrogen) atoms. The van der Waals surface area contributed by atoms with Gasteiger partial charge >= 0.3 is 0 Å². The number of likely N-dealkylation sites (tertiary alicyclic amines) is 1. The van der Waals surface area contributed by atoms with Crippen LogP contribution in [0.5, 0.6) is 5.75 Å². The van der Waals surface area contributed by atoms with E-state index in [4.69, 9.17) is 4.74 Å². The van der Waals surface area contributed by atoms with Crippen LogP contribution in [-0.2, 0) is 0 Å². The summed E-state index contributed by atoms with van der Waals surface area (Å²) in [5, 5.41) is 0.983. The number of hydrogen-bond acceptors (Lipinski definition) is 2. The Balaban J connectivity index is 1.89. The summed E-state index contributed by atoms with van der Waals surface area (Å²) in [7, 11) is 1.66. The first-order valence-electron chi connectivity index (χ1n) is 8.68. The van der Waals surface area contributed by atoms with Crippen molar-refractivity contribution >= 4 is 16.7 Å². The van der Waals surface area contributed by atoms with Gasteiger partial charge in [0, 0.05) is 16.6 Å². The first kappa shape index (κ1) is 16.1. The number of rotatable bonds is 5. The van der Waals surface area contributed by atoms with E-state index in [1.807, 2.05) is 25.1 Å². The van der Waals surface area contributed by atoms with Crippen LogP contribution in [0.25, 0.3) is 10.9 Å². The van der Waals surface area contributed by atoms with Crippen molar-refractivity contribution < 1.29 is 14.4 Å². The number of ketones is 1. The van der Waals surface area contributed by atoms with Gasteiger partial charge in [-0.25, -0.2) is 0 Å². The highest BCUT2D eigenvalue weighted by Gasteiger charge is 2.28. The van der Waals surface area contributed by atoms with Crippen LogP contribution in [0.1, 0.15) is 48.7 Å². The first-order valence-corrected chi connectivity index (χ1v) is 8.68. The van der Waals surface area contributed by atoms with E-state index in [9.17, 15) is 4.79 Å². The van der Waals surface area contributed by atoms with Crippen molar-refractivity contribution in [3.8, 4) is 5.75 Å². The molecule has 124 valence electrons. The fourth-order valence-corrected chi connectivity index (χ4v) is 3.96. The summed E-state index contributed by atoms with van der Waals surface area (Å²) in [6.45, 7) is 5.95. The van der Waals surface area contributed by atoms with Gasteiger partial charge in [-0.3, -0.25) is 4.79 Å². The van der Waals surface area contributed by atoms with Gasteiger partial charge < -0.3 is 14.6 Å². The molecule has 3 rings (SSSR count). The number of hydrogen-bond donors (Lipinski definition) is 2. The second-order valence-corrected chi connectivity index (χ2v) is 6.65. The zero-order valence-corrected chi connectivity index (χ0v) is 14.4. The van der Waals surface area contributed by atoms with Gasteiger partial charge in [0.05, 0.1) is 25.3 Å². The molecule has 1 unspecified atom stereocenters. The molecule has 1 fully saturated rings. The number of ether oxygens (including phenoxy) is 1. The molecule has 0 radical (unpaired) electrons. The quantitative estimate of drug-likeness (QED) is 0.833. The van der Waals surface area contributed by atoms with Crippen molar-refractivity contribution in [1.82, 2.24) is 4.98 Å². The van der Waals surface area contributed by atoms with Crippen LogP contribution < -0.4 is 9.64 Å². The maximum atomic E-state index is 13.0. The summed E-state index contributed by atoms with van der Waals surface area (Å²) in [5.41, 5.74) is 2.81. The van der Waals surface area contributed by atoms with E-state index in [0.29, 0.717) is 12.6 Å². The SMILES string of the molecule is CC[C@H]1CCCC[NH+]1CC(=O)c1c(C)[nH]c2ccc(OC)cc12. The largest absolute Gasteiger partial charge is 0.497 e. The Morgan fingerprint density at radius 3 is 2.96 bits per heavy atom. The monoisotopic (exact) mass is 315 g/mol. The first-order chi connectivity index (χ1) is 11.1. The van der Waals surface area contributed by atoms with Crippen LogP contribution in [-0.4, -0.2) is 37.0 Å². The van der Waals surface area contributed by atoms with Gasteiger partial charge in [-0.2, -0.15) is 0 Å². The lowest BCUT2D eigenvalue weighted by atomic mass is 9.98. The van der Waals surface area contributed by atoms with Crippen molar-refractivity contribution in [2.24, 2.45) is 0 Å². The van der Waals surface area contributed by atoms with Gasteiger partial charge in [0.1, 0.15) is 12.3 Å². The number of nitrogens with one attached hydrogen (secondary N) is 2. The number of aromatic nitrogens is 1. The normalized spacial score (nSPS) is 21.5. The number of H-pyrrole nitrogens is 1. The van der Waals surface area contributed by atoms with Gasteiger partial charge in [-0.05, 0) is 50.8 Å². The third-order valence-electron chi connectivity index (χ3n) is 5.23. The molecule has 0 aliphatic carbocycles. The highest BCUT2D eigenvalue weighted by atomic mass is 16.5. The van der Waals surface area contributed by atoms with E-state index < -0.39 is 0 Å². The lowest BCUT2D eigenvalue weighted by Crippen LogP contribution is -3.17. The standard InChI is InChI=1S/C19H26N2O2/c1-4-14-7-5-6-10-21(14)12-18(22)19-13(2)20-17-9-8-15(23-3)11-16(17)19/h8-9,11,14,20H,4-7,10,12H2,1-3H3/p+1/t14-/m0/s1. The van der Waals surface area contributed by atoms with Crippen LogP contribution in [0.15, 0.2) is 18.2 Å². The van der Waals surface area contributed by atoms with E-state index in [1.54, 1.807) is 7.11 Å². The molecule has 1 saturated heterocycles. The number of methoxy groups -OCH3 is 1. The number of benzene rings is 1. The molecule has 2 N–H and O–H groups in total. The van der Waals surface area contributed by atoms with Crippen LogP contribution in [0, 0.1) is 6.92 Å². The Morgan fingerprint density at radius 2 is 2.22 bits per heavy atom. The van der Waals surface area contributed by atoms with Crippen LogP contribution in [0.4, 0.5) is 0 Å². The molecule has 4 nitrogen and oxygen atoms in total. The van der Waals surface area contributed by atoms with Crippen molar-refractivity contribution in [3.63, 3.8) is 0 Å². The molecule has 0 bridgehead atoms. The number of carbonyl (C=O) groups excluding carboxylic acids is 1. The van der Waals surface area contributed by atoms with E-state index in [0.717, 1.165) is 40.9 Å². The maximum absolute atomic E-state index is 13.0. The minimum Gasteiger partial charge on any atom is -0.497 e. The molecule has 0 spiro atoms. The van der Waals surface area contributed by atoms with Gasteiger partial charge in [-0.15, -0.1) is 0 Å². The van der Waals surface area contributed by atoms with E-state index in [2.05, 4.69) is 11.9 Å². The summed E-state index contributed by atoms with van der Waals surface area (Å²) in [5.74, 6) is 1.04. The van der Waals surface area contributed by atoms with Crippen molar-refractivity contribution in [2.45, 2.75) is 45.6 Å². The molecule has 2 atom stereocenters. The highest BCUT2D eigenvalue weighted by molar-refractivity contribution is 6.10. The van der Waals surface area contributed by atoms with Crippen molar-refractivity contribution in [3.05, 3.63) is 29.5 Å². The molecule has 1 aliphatic rings. The lowest BCUT2D eigenvalue weighted by molar-refractivity contribution is -0.922. The topological polar surface area (TPSA) is 46.5 Å². The molecule has 1 aromatic carbocycles. The Bertz CT molecular complexity index is 705. The summed E-state index contributed by atoms with van der Waals surface area (Å²) in [6, 6.07) is 6.51. The van der Waals surface area contributed by atoms with Crippen LogP contribution >= 0.6 is 0 Å². The fraction of sp³-hybridized carbons (Fsp3) is 0.526. The molecular formula is C19H27N2O2+. The van der Waals surface area contributed by atoms with E-state index >= 15 is 0 Å². The lowest BCUT2D eigenvalue weighted by Gasteiger charge is -2.31. The van der Waals surface area contributed by atoms with Gasteiger partial charge in [0.25, 0.3) is 0 Å². The van der Waals surface area contributed by atoms with Crippen LogP contribution in [0.3, 0.4) is 0 Å². The molecule has 1 aromatic heterocycles. The van der Waals surface area contributed by atoms with Gasteiger partial charge in [0.2, 0.25) is 5.78 Å².